The van der Waals surface area contributed by atoms with Gasteiger partial charge in [-0.1, -0.05) is 0 Å². The molecule has 2 atom stereocenters. The maximum Gasteiger partial charge on any atom is 0.236 e. The van der Waals surface area contributed by atoms with Crippen molar-refractivity contribution in [1.82, 2.24) is 10.2 Å². The zero-order chi connectivity index (χ0) is 10.4. The molecule has 0 aliphatic carbocycles. The van der Waals surface area contributed by atoms with Gasteiger partial charge >= 0.3 is 0 Å². The molecular formula is C9H21N3O. The molecule has 0 saturated heterocycles. The zero-order valence-electron chi connectivity index (χ0n) is 9.00. The van der Waals surface area contributed by atoms with Gasteiger partial charge in [-0.25, -0.2) is 0 Å². The van der Waals surface area contributed by atoms with Gasteiger partial charge in [0.25, 0.3) is 0 Å². The van der Waals surface area contributed by atoms with Gasteiger partial charge in [-0.15, -0.1) is 0 Å². The van der Waals surface area contributed by atoms with Crippen LogP contribution in [0.25, 0.3) is 0 Å². The molecule has 4 nitrogen and oxygen atoms in total. The van der Waals surface area contributed by atoms with Crippen LogP contribution in [0, 0.1) is 0 Å². The zero-order valence-corrected chi connectivity index (χ0v) is 9.00. The molecule has 0 heterocycles. The molecular weight excluding hydrogens is 166 g/mol. The molecule has 0 aromatic carbocycles. The molecule has 0 aromatic rings. The molecule has 0 aliphatic heterocycles. The minimum absolute atomic E-state index is 0.0775. The van der Waals surface area contributed by atoms with Gasteiger partial charge in [0.2, 0.25) is 5.91 Å². The maximum atomic E-state index is 11.1. The van der Waals surface area contributed by atoms with Crippen LogP contribution in [0.15, 0.2) is 0 Å². The van der Waals surface area contributed by atoms with E-state index >= 15 is 0 Å². The highest BCUT2D eigenvalue weighted by molar-refractivity contribution is 5.81. The molecule has 1 unspecified atom stereocenters. The lowest BCUT2D eigenvalue weighted by molar-refractivity contribution is -0.122. The first-order chi connectivity index (χ1) is 5.93. The summed E-state index contributed by atoms with van der Waals surface area (Å²) in [4.78, 5) is 13.2. The van der Waals surface area contributed by atoms with E-state index in [1.807, 2.05) is 21.0 Å². The fraction of sp³-hybridized carbons (Fsp3) is 0.889. The second kappa shape index (κ2) is 5.94. The summed E-state index contributed by atoms with van der Waals surface area (Å²) in [5, 5.41) is 2.84. The molecule has 78 valence electrons. The highest BCUT2D eigenvalue weighted by Crippen LogP contribution is 1.92. The normalized spacial score (nSPS) is 15.5. The second-order valence-electron chi connectivity index (χ2n) is 3.79. The van der Waals surface area contributed by atoms with Crippen molar-refractivity contribution in [2.75, 3.05) is 20.6 Å². The van der Waals surface area contributed by atoms with Crippen molar-refractivity contribution in [1.29, 1.82) is 0 Å². The average Bonchev–Trinajstić information content (AvgIpc) is 2.00. The highest BCUT2D eigenvalue weighted by Gasteiger charge is 2.10. The molecule has 0 saturated carbocycles. The minimum Gasteiger partial charge on any atom is -0.352 e. The van der Waals surface area contributed by atoms with Crippen LogP contribution < -0.4 is 11.1 Å². The van der Waals surface area contributed by atoms with Gasteiger partial charge in [0.05, 0.1) is 6.04 Å². The lowest BCUT2D eigenvalue weighted by Gasteiger charge is -2.17. The van der Waals surface area contributed by atoms with Crippen molar-refractivity contribution in [3.63, 3.8) is 0 Å². The van der Waals surface area contributed by atoms with Crippen molar-refractivity contribution in [2.24, 2.45) is 5.73 Å². The van der Waals surface area contributed by atoms with Crippen molar-refractivity contribution in [3.05, 3.63) is 0 Å². The van der Waals surface area contributed by atoms with Gasteiger partial charge in [0.15, 0.2) is 0 Å². The lowest BCUT2D eigenvalue weighted by Crippen LogP contribution is -2.43. The Kier molecular flexibility index (Phi) is 5.66. The Morgan fingerprint density at radius 1 is 1.46 bits per heavy atom. The van der Waals surface area contributed by atoms with Crippen LogP contribution in [0.4, 0.5) is 0 Å². The minimum atomic E-state index is -0.415. The summed E-state index contributed by atoms with van der Waals surface area (Å²) in [6, 6.07) is -0.220. The van der Waals surface area contributed by atoms with Gasteiger partial charge < -0.3 is 16.0 Å². The summed E-state index contributed by atoms with van der Waals surface area (Å²) < 4.78 is 0. The quantitative estimate of drug-likeness (QED) is 0.626. The first kappa shape index (κ1) is 12.4. The van der Waals surface area contributed by atoms with Crippen LogP contribution >= 0.6 is 0 Å². The maximum absolute atomic E-state index is 11.1. The largest absolute Gasteiger partial charge is 0.352 e. The third-order valence-corrected chi connectivity index (χ3v) is 1.81. The van der Waals surface area contributed by atoms with E-state index in [0.717, 1.165) is 13.0 Å². The third-order valence-electron chi connectivity index (χ3n) is 1.81. The number of carbonyl (C=O) groups excluding carboxylic acids is 1. The van der Waals surface area contributed by atoms with Gasteiger partial charge in [-0.3, -0.25) is 4.79 Å². The predicted molar refractivity (Wildman–Crippen MR) is 54.4 cm³/mol. The lowest BCUT2D eigenvalue weighted by atomic mass is 10.2. The van der Waals surface area contributed by atoms with Crippen LogP contribution in [0.5, 0.6) is 0 Å². The van der Waals surface area contributed by atoms with Crippen LogP contribution in [0.2, 0.25) is 0 Å². The number of carbonyl (C=O) groups is 1. The van der Waals surface area contributed by atoms with Gasteiger partial charge in [-0.05, 0) is 40.9 Å². The molecule has 0 spiro atoms. The summed E-state index contributed by atoms with van der Waals surface area (Å²) >= 11 is 0. The second-order valence-corrected chi connectivity index (χ2v) is 3.79. The topological polar surface area (TPSA) is 58.4 Å². The number of hydrogen-bond donors (Lipinski definition) is 2. The Balaban J connectivity index is 3.62. The fourth-order valence-corrected chi connectivity index (χ4v) is 0.898. The van der Waals surface area contributed by atoms with Crippen molar-refractivity contribution in [3.8, 4) is 0 Å². The Labute approximate surface area is 80.5 Å². The van der Waals surface area contributed by atoms with E-state index in [1.54, 1.807) is 6.92 Å². The monoisotopic (exact) mass is 187 g/mol. The number of nitrogens with two attached hydrogens (primary N) is 1. The predicted octanol–water partition coefficient (Wildman–Crippen LogP) is -0.210. The Morgan fingerprint density at radius 2 is 2.00 bits per heavy atom. The van der Waals surface area contributed by atoms with E-state index in [4.69, 9.17) is 5.73 Å². The fourth-order valence-electron chi connectivity index (χ4n) is 0.898. The van der Waals surface area contributed by atoms with Crippen molar-refractivity contribution < 1.29 is 4.79 Å². The van der Waals surface area contributed by atoms with E-state index in [9.17, 15) is 4.79 Å². The Morgan fingerprint density at radius 3 is 2.38 bits per heavy atom. The van der Waals surface area contributed by atoms with Crippen molar-refractivity contribution in [2.45, 2.75) is 32.4 Å². The first-order valence-corrected chi connectivity index (χ1v) is 4.64. The molecule has 0 fully saturated rings. The van der Waals surface area contributed by atoms with E-state index in [0.29, 0.717) is 0 Å². The number of nitrogens with zero attached hydrogens (tertiary/aromatic N) is 1. The molecule has 3 N–H and O–H groups in total. The third kappa shape index (κ3) is 6.54. The smallest absolute Gasteiger partial charge is 0.236 e. The number of nitrogens with one attached hydrogen (secondary N) is 1. The molecule has 0 bridgehead atoms. The summed E-state index contributed by atoms with van der Waals surface area (Å²) in [7, 11) is 4.03. The summed E-state index contributed by atoms with van der Waals surface area (Å²) in [6.07, 6.45) is 0.950. The number of rotatable bonds is 5. The molecule has 0 aromatic heterocycles. The van der Waals surface area contributed by atoms with E-state index in [-0.39, 0.29) is 11.9 Å². The van der Waals surface area contributed by atoms with Gasteiger partial charge in [0, 0.05) is 6.04 Å². The summed E-state index contributed by atoms with van der Waals surface area (Å²) in [6.45, 7) is 4.65. The van der Waals surface area contributed by atoms with E-state index < -0.39 is 6.04 Å². The first-order valence-electron chi connectivity index (χ1n) is 4.64. The summed E-state index contributed by atoms with van der Waals surface area (Å²) in [5.74, 6) is -0.0775. The molecule has 4 heteroatoms. The molecule has 0 rings (SSSR count). The van der Waals surface area contributed by atoms with Crippen LogP contribution in [0.3, 0.4) is 0 Å². The van der Waals surface area contributed by atoms with Crippen LogP contribution in [-0.2, 0) is 4.79 Å². The van der Waals surface area contributed by atoms with Crippen LogP contribution in [0.1, 0.15) is 20.3 Å². The molecule has 13 heavy (non-hydrogen) atoms. The van der Waals surface area contributed by atoms with Crippen molar-refractivity contribution >= 4 is 5.91 Å². The molecule has 0 aliphatic rings. The van der Waals surface area contributed by atoms with E-state index in [2.05, 4.69) is 10.2 Å². The Hall–Kier alpha value is -0.610. The number of amides is 1. The standard InChI is InChI=1S/C9H21N3O/c1-7(5-6-12(3)4)11-9(13)8(2)10/h7-8H,5-6,10H2,1-4H3,(H,11,13)/t7?,8-/m0/s1. The SMILES string of the molecule is CC(CCN(C)C)NC(=O)[C@H](C)N. The highest BCUT2D eigenvalue weighted by atomic mass is 16.2. The molecule has 1 amide bonds. The van der Waals surface area contributed by atoms with Gasteiger partial charge in [0.1, 0.15) is 0 Å². The van der Waals surface area contributed by atoms with E-state index in [1.165, 1.54) is 0 Å². The molecule has 0 radical (unpaired) electrons. The van der Waals surface area contributed by atoms with Gasteiger partial charge in [-0.2, -0.15) is 0 Å². The number of hydrogen-bond acceptors (Lipinski definition) is 3. The summed E-state index contributed by atoms with van der Waals surface area (Å²) in [5.41, 5.74) is 5.42. The Bertz CT molecular complexity index is 157. The van der Waals surface area contributed by atoms with Crippen LogP contribution in [-0.4, -0.2) is 43.5 Å². The average molecular weight is 187 g/mol.